The van der Waals surface area contributed by atoms with Crippen LogP contribution < -0.4 is 4.74 Å². The van der Waals surface area contributed by atoms with Crippen LogP contribution in [-0.2, 0) is 0 Å². The van der Waals surface area contributed by atoms with Crippen molar-refractivity contribution in [2.75, 3.05) is 6.61 Å². The van der Waals surface area contributed by atoms with Crippen LogP contribution in [0.1, 0.15) is 36.7 Å². The zero-order valence-electron chi connectivity index (χ0n) is 9.70. The lowest BCUT2D eigenvalue weighted by molar-refractivity contribution is 0.0696. The summed E-state index contributed by atoms with van der Waals surface area (Å²) in [6, 6.07) is 4.86. The van der Waals surface area contributed by atoms with Crippen molar-refractivity contribution in [2.45, 2.75) is 27.7 Å². The summed E-state index contributed by atoms with van der Waals surface area (Å²) in [6.45, 7) is 8.30. The van der Waals surface area contributed by atoms with Gasteiger partial charge in [-0.05, 0) is 31.5 Å². The van der Waals surface area contributed by atoms with Gasteiger partial charge in [0.15, 0.2) is 0 Å². The van der Waals surface area contributed by atoms with Crippen LogP contribution in [0.4, 0.5) is 0 Å². The molecule has 15 heavy (non-hydrogen) atoms. The van der Waals surface area contributed by atoms with E-state index in [9.17, 15) is 4.79 Å². The molecular weight excluding hydrogens is 192 g/mol. The average Bonchev–Trinajstić information content (AvgIpc) is 2.24. The first-order valence-corrected chi connectivity index (χ1v) is 5.12. The van der Waals surface area contributed by atoms with Crippen molar-refractivity contribution < 1.29 is 14.6 Å². The summed E-state index contributed by atoms with van der Waals surface area (Å²) in [7, 11) is 0. The van der Waals surface area contributed by atoms with E-state index in [0.717, 1.165) is 5.56 Å². The van der Waals surface area contributed by atoms with Crippen LogP contribution in [0.15, 0.2) is 18.2 Å². The number of hydrogen-bond acceptors (Lipinski definition) is 2. The Balaban J connectivity index is 0.000000921. The van der Waals surface area contributed by atoms with Crippen LogP contribution in [0.25, 0.3) is 0 Å². The maximum atomic E-state index is 10.6. The van der Waals surface area contributed by atoms with E-state index < -0.39 is 5.97 Å². The van der Waals surface area contributed by atoms with Crippen molar-refractivity contribution in [3.8, 4) is 5.75 Å². The summed E-state index contributed by atoms with van der Waals surface area (Å²) in [6.07, 6.45) is 0. The monoisotopic (exact) mass is 210 g/mol. The number of benzene rings is 1. The number of carboxylic acid groups (broad SMARTS) is 1. The number of rotatable bonds is 3. The number of aromatic carboxylic acids is 1. The molecule has 3 heteroatoms. The fourth-order valence-corrected chi connectivity index (χ4v) is 1.04. The Hall–Kier alpha value is -1.51. The van der Waals surface area contributed by atoms with E-state index in [-0.39, 0.29) is 5.56 Å². The van der Waals surface area contributed by atoms with Crippen molar-refractivity contribution in [1.82, 2.24) is 0 Å². The Morgan fingerprint density at radius 3 is 2.47 bits per heavy atom. The molecule has 1 N–H and O–H groups in total. The van der Waals surface area contributed by atoms with Crippen molar-refractivity contribution >= 4 is 5.97 Å². The lowest BCUT2D eigenvalue weighted by atomic mass is 10.1. The Morgan fingerprint density at radius 1 is 1.40 bits per heavy atom. The number of carbonyl (C=O) groups is 1. The molecular formula is C12H18O3. The molecule has 0 radical (unpaired) electrons. The van der Waals surface area contributed by atoms with E-state index in [1.807, 2.05) is 27.7 Å². The van der Waals surface area contributed by atoms with Gasteiger partial charge in [-0.3, -0.25) is 0 Å². The van der Waals surface area contributed by atoms with E-state index >= 15 is 0 Å². The molecule has 0 amide bonds. The predicted molar refractivity (Wildman–Crippen MR) is 60.7 cm³/mol. The summed E-state index contributed by atoms with van der Waals surface area (Å²) in [5.74, 6) is -0.289. The van der Waals surface area contributed by atoms with E-state index in [4.69, 9.17) is 9.84 Å². The van der Waals surface area contributed by atoms with Gasteiger partial charge in [0, 0.05) is 0 Å². The van der Waals surface area contributed by atoms with Crippen LogP contribution in [0.2, 0.25) is 0 Å². The molecule has 0 saturated carbocycles. The molecule has 0 atom stereocenters. The standard InChI is InChI=1S/C10H12O3.C2H6/c1-3-13-9-6-8(10(11)12)5-4-7(9)2;1-2/h4-6H,3H2,1-2H3,(H,11,12);1-2H3. The summed E-state index contributed by atoms with van der Waals surface area (Å²) < 4.78 is 5.26. The van der Waals surface area contributed by atoms with Gasteiger partial charge in [0.1, 0.15) is 5.75 Å². The zero-order chi connectivity index (χ0) is 11.8. The summed E-state index contributed by atoms with van der Waals surface area (Å²) in [5, 5.41) is 8.71. The second-order valence-electron chi connectivity index (χ2n) is 2.72. The van der Waals surface area contributed by atoms with Crippen molar-refractivity contribution in [3.05, 3.63) is 29.3 Å². The van der Waals surface area contributed by atoms with Crippen molar-refractivity contribution in [1.29, 1.82) is 0 Å². The number of carboxylic acids is 1. The number of hydrogen-bond donors (Lipinski definition) is 1. The third-order valence-electron chi connectivity index (χ3n) is 1.73. The van der Waals surface area contributed by atoms with Gasteiger partial charge >= 0.3 is 5.97 Å². The first kappa shape index (κ1) is 13.5. The molecule has 0 aliphatic carbocycles. The third-order valence-corrected chi connectivity index (χ3v) is 1.73. The second kappa shape index (κ2) is 6.87. The highest BCUT2D eigenvalue weighted by Crippen LogP contribution is 2.19. The van der Waals surface area contributed by atoms with Gasteiger partial charge in [0.05, 0.1) is 12.2 Å². The Bertz CT molecular complexity index is 319. The molecule has 84 valence electrons. The highest BCUT2D eigenvalue weighted by atomic mass is 16.5. The lowest BCUT2D eigenvalue weighted by Crippen LogP contribution is -1.99. The molecule has 3 nitrogen and oxygen atoms in total. The Kier molecular flexibility index (Phi) is 6.18. The number of ether oxygens (including phenoxy) is 1. The highest BCUT2D eigenvalue weighted by Gasteiger charge is 2.05. The average molecular weight is 210 g/mol. The summed E-state index contributed by atoms with van der Waals surface area (Å²) in [5.41, 5.74) is 1.21. The maximum Gasteiger partial charge on any atom is 0.335 e. The Labute approximate surface area is 90.7 Å². The van der Waals surface area contributed by atoms with Gasteiger partial charge in [-0.25, -0.2) is 4.79 Å². The molecule has 1 rings (SSSR count). The van der Waals surface area contributed by atoms with Crippen LogP contribution >= 0.6 is 0 Å². The molecule has 0 aliphatic rings. The quantitative estimate of drug-likeness (QED) is 0.833. The largest absolute Gasteiger partial charge is 0.494 e. The Morgan fingerprint density at radius 2 is 2.00 bits per heavy atom. The first-order valence-electron chi connectivity index (χ1n) is 5.12. The first-order chi connectivity index (χ1) is 7.15. The van der Waals surface area contributed by atoms with Gasteiger partial charge in [0.25, 0.3) is 0 Å². The molecule has 0 heterocycles. The third kappa shape index (κ3) is 4.02. The fraction of sp³-hybridized carbons (Fsp3) is 0.417. The summed E-state index contributed by atoms with van der Waals surface area (Å²) >= 11 is 0. The van der Waals surface area contributed by atoms with Crippen LogP contribution in [0, 0.1) is 6.92 Å². The topological polar surface area (TPSA) is 46.5 Å². The van der Waals surface area contributed by atoms with Crippen LogP contribution in [-0.4, -0.2) is 17.7 Å². The molecule has 0 aromatic heterocycles. The minimum absolute atomic E-state index is 0.258. The molecule has 0 aliphatic heterocycles. The molecule has 1 aromatic rings. The summed E-state index contributed by atoms with van der Waals surface area (Å²) in [4.78, 5) is 10.6. The number of aryl methyl sites for hydroxylation is 1. The molecule has 0 saturated heterocycles. The van der Waals surface area contributed by atoms with E-state index in [2.05, 4.69) is 0 Å². The van der Waals surface area contributed by atoms with Gasteiger partial charge in [-0.1, -0.05) is 19.9 Å². The highest BCUT2D eigenvalue weighted by molar-refractivity contribution is 5.88. The van der Waals surface area contributed by atoms with E-state index in [0.29, 0.717) is 12.4 Å². The molecule has 0 unspecified atom stereocenters. The minimum Gasteiger partial charge on any atom is -0.494 e. The molecule has 0 spiro atoms. The van der Waals surface area contributed by atoms with Gasteiger partial charge in [-0.2, -0.15) is 0 Å². The normalized spacial score (nSPS) is 8.80. The van der Waals surface area contributed by atoms with Gasteiger partial charge < -0.3 is 9.84 Å². The predicted octanol–water partition coefficient (Wildman–Crippen LogP) is 3.12. The van der Waals surface area contributed by atoms with Crippen LogP contribution in [0.3, 0.4) is 0 Å². The molecule has 0 bridgehead atoms. The van der Waals surface area contributed by atoms with Crippen molar-refractivity contribution in [3.63, 3.8) is 0 Å². The van der Waals surface area contributed by atoms with Gasteiger partial charge in [-0.15, -0.1) is 0 Å². The fourth-order valence-electron chi connectivity index (χ4n) is 1.04. The molecule has 0 fully saturated rings. The smallest absolute Gasteiger partial charge is 0.335 e. The van der Waals surface area contributed by atoms with Crippen LogP contribution in [0.5, 0.6) is 5.75 Å². The molecule has 1 aromatic carbocycles. The zero-order valence-corrected chi connectivity index (χ0v) is 9.70. The van der Waals surface area contributed by atoms with E-state index in [1.54, 1.807) is 18.2 Å². The van der Waals surface area contributed by atoms with Gasteiger partial charge in [0.2, 0.25) is 0 Å². The second-order valence-corrected chi connectivity index (χ2v) is 2.72. The van der Waals surface area contributed by atoms with E-state index in [1.165, 1.54) is 0 Å². The minimum atomic E-state index is -0.930. The lowest BCUT2D eigenvalue weighted by Gasteiger charge is -2.06. The maximum absolute atomic E-state index is 10.6. The SMILES string of the molecule is CC.CCOc1cc(C(=O)O)ccc1C. The van der Waals surface area contributed by atoms with Crippen molar-refractivity contribution in [2.24, 2.45) is 0 Å².